The number of nitrogens with zero attached hydrogens (tertiary/aromatic N) is 3. The maximum Gasteiger partial charge on any atom is 0.314 e. The first-order valence-corrected chi connectivity index (χ1v) is 7.32. The van der Waals surface area contributed by atoms with Gasteiger partial charge in [0.25, 0.3) is 0 Å². The first-order chi connectivity index (χ1) is 10.1. The quantitative estimate of drug-likeness (QED) is 0.611. The average molecular weight is 294 g/mol. The van der Waals surface area contributed by atoms with Crippen molar-refractivity contribution in [1.82, 2.24) is 9.88 Å². The van der Waals surface area contributed by atoms with Gasteiger partial charge in [0.05, 0.1) is 11.0 Å². The topological polar surface area (TPSA) is 91.5 Å². The van der Waals surface area contributed by atoms with E-state index in [0.717, 1.165) is 13.1 Å². The zero-order chi connectivity index (χ0) is 15.2. The van der Waals surface area contributed by atoms with E-state index in [1.807, 2.05) is 0 Å². The first-order valence-electron chi connectivity index (χ1n) is 7.32. The molecule has 0 bridgehead atoms. The second-order valence-corrected chi connectivity index (χ2v) is 5.48. The molecule has 21 heavy (non-hydrogen) atoms. The lowest BCUT2D eigenvalue weighted by atomic mass is 10.1. The fourth-order valence-corrected chi connectivity index (χ4v) is 2.63. The van der Waals surface area contributed by atoms with E-state index < -0.39 is 11.0 Å². The van der Waals surface area contributed by atoms with Crippen LogP contribution in [0.4, 0.5) is 11.5 Å². The van der Waals surface area contributed by atoms with Gasteiger partial charge in [0, 0.05) is 24.8 Å². The van der Waals surface area contributed by atoms with Gasteiger partial charge >= 0.3 is 5.69 Å². The third-order valence-corrected chi connectivity index (χ3v) is 3.73. The summed E-state index contributed by atoms with van der Waals surface area (Å²) in [5.74, 6) is 0.220. The SMILES string of the molecule is Cc1ccnc(NC[C@@H](O)CN2CCCCC2)c1[N+](=O)[O-]. The van der Waals surface area contributed by atoms with Crippen LogP contribution >= 0.6 is 0 Å². The van der Waals surface area contributed by atoms with Crippen LogP contribution < -0.4 is 5.32 Å². The van der Waals surface area contributed by atoms with E-state index in [1.165, 1.54) is 25.5 Å². The summed E-state index contributed by atoms with van der Waals surface area (Å²) in [5.41, 5.74) is 0.533. The third-order valence-electron chi connectivity index (χ3n) is 3.73. The Bertz CT molecular complexity index is 489. The number of nitro groups is 1. The van der Waals surface area contributed by atoms with Gasteiger partial charge in [0.15, 0.2) is 0 Å². The van der Waals surface area contributed by atoms with Gasteiger partial charge in [0.2, 0.25) is 5.82 Å². The predicted octanol–water partition coefficient (Wildman–Crippen LogP) is 1.56. The summed E-state index contributed by atoms with van der Waals surface area (Å²) in [6.07, 6.45) is 4.56. The van der Waals surface area contributed by atoms with Crippen molar-refractivity contribution in [2.45, 2.75) is 32.3 Å². The van der Waals surface area contributed by atoms with Crippen LogP contribution in [-0.2, 0) is 0 Å². The molecule has 1 aliphatic heterocycles. The van der Waals surface area contributed by atoms with E-state index in [4.69, 9.17) is 0 Å². The van der Waals surface area contributed by atoms with Crippen LogP contribution in [0.1, 0.15) is 24.8 Å². The lowest BCUT2D eigenvalue weighted by molar-refractivity contribution is -0.384. The van der Waals surface area contributed by atoms with Crippen molar-refractivity contribution < 1.29 is 10.0 Å². The molecule has 0 aromatic carbocycles. The van der Waals surface area contributed by atoms with Crippen LogP contribution in [0.2, 0.25) is 0 Å². The largest absolute Gasteiger partial charge is 0.390 e. The van der Waals surface area contributed by atoms with E-state index in [9.17, 15) is 15.2 Å². The maximum absolute atomic E-state index is 11.1. The minimum atomic E-state index is -0.565. The Kier molecular flexibility index (Phi) is 5.46. The number of aromatic nitrogens is 1. The molecule has 0 amide bonds. The van der Waals surface area contributed by atoms with Gasteiger partial charge in [-0.2, -0.15) is 0 Å². The van der Waals surface area contributed by atoms with Crippen LogP contribution in [0.3, 0.4) is 0 Å². The molecule has 7 heteroatoms. The smallest absolute Gasteiger partial charge is 0.314 e. The van der Waals surface area contributed by atoms with Crippen molar-refractivity contribution in [3.05, 3.63) is 27.9 Å². The zero-order valence-corrected chi connectivity index (χ0v) is 12.3. The fourth-order valence-electron chi connectivity index (χ4n) is 2.63. The minimum Gasteiger partial charge on any atom is -0.390 e. The number of aliphatic hydroxyl groups is 1. The Hall–Kier alpha value is -1.73. The normalized spacial score (nSPS) is 17.4. The van der Waals surface area contributed by atoms with Gasteiger partial charge in [-0.25, -0.2) is 4.98 Å². The Labute approximate surface area is 124 Å². The van der Waals surface area contributed by atoms with Gasteiger partial charge in [-0.3, -0.25) is 10.1 Å². The van der Waals surface area contributed by atoms with Gasteiger partial charge in [-0.05, 0) is 38.9 Å². The summed E-state index contributed by atoms with van der Waals surface area (Å²) in [4.78, 5) is 16.8. The van der Waals surface area contributed by atoms with Gasteiger partial charge < -0.3 is 15.3 Å². The minimum absolute atomic E-state index is 0.0253. The molecular weight excluding hydrogens is 272 g/mol. The van der Waals surface area contributed by atoms with Gasteiger partial charge in [-0.1, -0.05) is 6.42 Å². The highest BCUT2D eigenvalue weighted by Gasteiger charge is 2.20. The predicted molar refractivity (Wildman–Crippen MR) is 80.4 cm³/mol. The number of nitrogens with one attached hydrogen (secondary N) is 1. The van der Waals surface area contributed by atoms with E-state index in [-0.39, 0.29) is 18.1 Å². The van der Waals surface area contributed by atoms with Gasteiger partial charge in [0.1, 0.15) is 0 Å². The Morgan fingerprint density at radius 2 is 2.19 bits per heavy atom. The molecule has 2 N–H and O–H groups in total. The second-order valence-electron chi connectivity index (χ2n) is 5.48. The van der Waals surface area contributed by atoms with Crippen molar-refractivity contribution in [3.8, 4) is 0 Å². The van der Waals surface area contributed by atoms with Crippen molar-refractivity contribution in [3.63, 3.8) is 0 Å². The highest BCUT2D eigenvalue weighted by Crippen LogP contribution is 2.25. The molecule has 1 saturated heterocycles. The van der Waals surface area contributed by atoms with Crippen molar-refractivity contribution in [2.75, 3.05) is 31.5 Å². The monoisotopic (exact) mass is 294 g/mol. The van der Waals surface area contributed by atoms with Crippen LogP contribution in [-0.4, -0.2) is 52.2 Å². The van der Waals surface area contributed by atoms with Crippen LogP contribution in [0.15, 0.2) is 12.3 Å². The Balaban J connectivity index is 1.90. The van der Waals surface area contributed by atoms with Crippen LogP contribution in [0, 0.1) is 17.0 Å². The average Bonchev–Trinajstić information content (AvgIpc) is 2.45. The second kappa shape index (κ2) is 7.33. The van der Waals surface area contributed by atoms with Gasteiger partial charge in [-0.15, -0.1) is 0 Å². The third kappa shape index (κ3) is 4.37. The molecule has 7 nitrogen and oxygen atoms in total. The van der Waals surface area contributed by atoms with E-state index in [0.29, 0.717) is 12.1 Å². The van der Waals surface area contributed by atoms with Crippen molar-refractivity contribution in [2.24, 2.45) is 0 Å². The molecule has 2 rings (SSSR count). The summed E-state index contributed by atoms with van der Waals surface area (Å²) in [6.45, 7) is 4.55. The van der Waals surface area contributed by atoms with E-state index in [1.54, 1.807) is 13.0 Å². The number of rotatable bonds is 6. The zero-order valence-electron chi connectivity index (χ0n) is 12.3. The number of aliphatic hydroxyl groups excluding tert-OH is 1. The molecule has 116 valence electrons. The number of aryl methyl sites for hydroxylation is 1. The molecule has 1 aliphatic rings. The van der Waals surface area contributed by atoms with Crippen molar-refractivity contribution >= 4 is 11.5 Å². The van der Waals surface area contributed by atoms with E-state index >= 15 is 0 Å². The molecular formula is C14H22N4O3. The number of piperidine rings is 1. The number of pyridine rings is 1. The molecule has 1 fully saturated rings. The fraction of sp³-hybridized carbons (Fsp3) is 0.643. The highest BCUT2D eigenvalue weighted by molar-refractivity contribution is 5.59. The summed E-state index contributed by atoms with van der Waals surface area (Å²) in [7, 11) is 0. The summed E-state index contributed by atoms with van der Waals surface area (Å²) < 4.78 is 0. The summed E-state index contributed by atoms with van der Waals surface area (Å²) in [6, 6.07) is 1.60. The molecule has 0 radical (unpaired) electrons. The molecule has 2 heterocycles. The maximum atomic E-state index is 11.1. The molecule has 1 aromatic heterocycles. The molecule has 0 aliphatic carbocycles. The Morgan fingerprint density at radius 1 is 1.48 bits per heavy atom. The molecule has 0 saturated carbocycles. The highest BCUT2D eigenvalue weighted by atomic mass is 16.6. The van der Waals surface area contributed by atoms with Crippen LogP contribution in [0.25, 0.3) is 0 Å². The number of hydrogen-bond donors (Lipinski definition) is 2. The lowest BCUT2D eigenvalue weighted by Crippen LogP contribution is -2.39. The number of β-amino-alcohol motifs (C(OH)–C–C–N with tert-alkyl or cyclic N) is 1. The van der Waals surface area contributed by atoms with E-state index in [2.05, 4.69) is 15.2 Å². The van der Waals surface area contributed by atoms with Crippen molar-refractivity contribution in [1.29, 1.82) is 0 Å². The number of likely N-dealkylation sites (tertiary alicyclic amines) is 1. The van der Waals surface area contributed by atoms with Crippen LogP contribution in [0.5, 0.6) is 0 Å². The molecule has 1 aromatic rings. The number of anilines is 1. The number of hydrogen-bond acceptors (Lipinski definition) is 6. The lowest BCUT2D eigenvalue weighted by Gasteiger charge is -2.28. The molecule has 0 spiro atoms. The standard InChI is InChI=1S/C14H22N4O3/c1-11-5-6-15-14(13(11)18(20)21)16-9-12(19)10-17-7-3-2-4-8-17/h5-6,12,19H,2-4,7-10H2,1H3,(H,15,16)/t12-/m1/s1. The summed E-state index contributed by atoms with van der Waals surface area (Å²) in [5, 5.41) is 24.0. The summed E-state index contributed by atoms with van der Waals surface area (Å²) >= 11 is 0. The molecule has 1 atom stereocenters. The molecule has 0 unspecified atom stereocenters. The first kappa shape index (κ1) is 15.7. The Morgan fingerprint density at radius 3 is 2.86 bits per heavy atom.